The molecule has 7 nitrogen and oxygen atoms in total. The zero-order valence-electron chi connectivity index (χ0n) is 17.6. The number of imide groups is 1. The second kappa shape index (κ2) is 10.1. The summed E-state index contributed by atoms with van der Waals surface area (Å²) in [6.07, 6.45) is 0.913. The van der Waals surface area contributed by atoms with Crippen LogP contribution in [0.1, 0.15) is 18.2 Å². The molecule has 8 heteroatoms. The number of nitrogens with zero attached hydrogens (tertiary/aromatic N) is 2. The number of anilines is 1. The number of thiophene rings is 1. The Hall–Kier alpha value is -2.68. The first-order chi connectivity index (χ1) is 15.2. The summed E-state index contributed by atoms with van der Waals surface area (Å²) in [6.45, 7) is 6.68. The van der Waals surface area contributed by atoms with E-state index < -0.39 is 0 Å². The molecule has 4 rings (SSSR count). The lowest BCUT2D eigenvalue weighted by atomic mass is 10.2. The number of ether oxygens (including phenoxy) is 2. The Balaban J connectivity index is 1.55. The highest BCUT2D eigenvalue weighted by Gasteiger charge is 2.39. The van der Waals surface area contributed by atoms with Gasteiger partial charge in [0.05, 0.1) is 25.4 Å². The molecule has 2 aromatic rings. The Morgan fingerprint density at radius 1 is 1.10 bits per heavy atom. The van der Waals surface area contributed by atoms with Crippen molar-refractivity contribution in [2.24, 2.45) is 0 Å². The van der Waals surface area contributed by atoms with Gasteiger partial charge in [0.25, 0.3) is 11.8 Å². The number of rotatable bonds is 9. The molecule has 1 aromatic carbocycles. The van der Waals surface area contributed by atoms with E-state index in [1.165, 1.54) is 16.2 Å². The minimum atomic E-state index is -0.290. The molecule has 2 aliphatic heterocycles. The van der Waals surface area contributed by atoms with E-state index in [2.05, 4.69) is 17.1 Å². The maximum Gasteiger partial charge on any atom is 0.278 e. The van der Waals surface area contributed by atoms with Crippen molar-refractivity contribution in [3.05, 3.63) is 52.4 Å². The van der Waals surface area contributed by atoms with Crippen LogP contribution < -0.4 is 10.1 Å². The van der Waals surface area contributed by atoms with Gasteiger partial charge >= 0.3 is 0 Å². The molecule has 0 bridgehead atoms. The Kier molecular flexibility index (Phi) is 7.01. The molecule has 1 saturated heterocycles. The molecule has 3 heterocycles. The number of carbonyl (C=O) groups is 2. The predicted molar refractivity (Wildman–Crippen MR) is 121 cm³/mol. The molecule has 0 spiro atoms. The maximum absolute atomic E-state index is 13.3. The van der Waals surface area contributed by atoms with Crippen LogP contribution in [0.5, 0.6) is 5.75 Å². The Labute approximate surface area is 186 Å². The third-order valence-electron chi connectivity index (χ3n) is 5.26. The first-order valence-electron chi connectivity index (χ1n) is 10.6. The van der Waals surface area contributed by atoms with Crippen LogP contribution in [-0.2, 0) is 14.3 Å². The first kappa shape index (κ1) is 21.5. The smallest absolute Gasteiger partial charge is 0.278 e. The van der Waals surface area contributed by atoms with Gasteiger partial charge in [-0.2, -0.15) is 0 Å². The highest BCUT2D eigenvalue weighted by molar-refractivity contribution is 7.11. The molecule has 164 valence electrons. The standard InChI is InChI=1S/C23H27N3O4S/c1-2-12-30-18-6-3-5-17(16-18)24-21-20(19-7-4-15-31-19)22(27)26(23(21)28)9-8-25-10-13-29-14-11-25/h3-7,15-16,24H,2,8-14H2,1H3. The van der Waals surface area contributed by atoms with E-state index in [1.54, 1.807) is 0 Å². The van der Waals surface area contributed by atoms with Crippen LogP contribution in [0.15, 0.2) is 47.5 Å². The number of morpholine rings is 1. The van der Waals surface area contributed by atoms with Gasteiger partial charge in [0.15, 0.2) is 0 Å². The van der Waals surface area contributed by atoms with Crippen LogP contribution in [0.4, 0.5) is 5.69 Å². The van der Waals surface area contributed by atoms with Crippen molar-refractivity contribution in [3.63, 3.8) is 0 Å². The second-order valence-electron chi connectivity index (χ2n) is 7.44. The fraction of sp³-hybridized carbons (Fsp3) is 0.391. The van der Waals surface area contributed by atoms with Crippen molar-refractivity contribution in [3.8, 4) is 5.75 Å². The molecule has 0 aliphatic carbocycles. The highest BCUT2D eigenvalue weighted by Crippen LogP contribution is 2.33. The minimum absolute atomic E-state index is 0.249. The van der Waals surface area contributed by atoms with Gasteiger partial charge in [-0.05, 0) is 30.0 Å². The summed E-state index contributed by atoms with van der Waals surface area (Å²) in [4.78, 5) is 30.9. The third-order valence-corrected chi connectivity index (χ3v) is 6.14. The van der Waals surface area contributed by atoms with E-state index in [9.17, 15) is 9.59 Å². The van der Waals surface area contributed by atoms with Gasteiger partial charge in [0.2, 0.25) is 0 Å². The maximum atomic E-state index is 13.3. The van der Waals surface area contributed by atoms with E-state index in [0.717, 1.165) is 30.1 Å². The Morgan fingerprint density at radius 3 is 2.68 bits per heavy atom. The van der Waals surface area contributed by atoms with E-state index in [4.69, 9.17) is 9.47 Å². The van der Waals surface area contributed by atoms with Gasteiger partial charge < -0.3 is 14.8 Å². The van der Waals surface area contributed by atoms with E-state index >= 15 is 0 Å². The number of nitrogens with one attached hydrogen (secondary N) is 1. The zero-order chi connectivity index (χ0) is 21.6. The monoisotopic (exact) mass is 441 g/mol. The molecule has 31 heavy (non-hydrogen) atoms. The quantitative estimate of drug-likeness (QED) is 0.603. The van der Waals surface area contributed by atoms with Crippen LogP contribution in [0.3, 0.4) is 0 Å². The number of hydrogen-bond donors (Lipinski definition) is 1. The van der Waals surface area contributed by atoms with Crippen LogP contribution in [0.2, 0.25) is 0 Å². The molecule has 1 N–H and O–H groups in total. The van der Waals surface area contributed by atoms with Gasteiger partial charge in [0.1, 0.15) is 11.4 Å². The van der Waals surface area contributed by atoms with Crippen molar-refractivity contribution < 1.29 is 19.1 Å². The molecule has 2 amide bonds. The zero-order valence-corrected chi connectivity index (χ0v) is 18.5. The van der Waals surface area contributed by atoms with Gasteiger partial charge in [-0.25, -0.2) is 0 Å². The predicted octanol–water partition coefficient (Wildman–Crippen LogP) is 3.06. The summed E-state index contributed by atoms with van der Waals surface area (Å²) < 4.78 is 11.1. The second-order valence-corrected chi connectivity index (χ2v) is 8.39. The van der Waals surface area contributed by atoms with Crippen molar-refractivity contribution in [1.29, 1.82) is 0 Å². The van der Waals surface area contributed by atoms with Crippen LogP contribution >= 0.6 is 11.3 Å². The van der Waals surface area contributed by atoms with Crippen molar-refractivity contribution in [1.82, 2.24) is 9.80 Å². The van der Waals surface area contributed by atoms with Crippen molar-refractivity contribution in [2.45, 2.75) is 13.3 Å². The van der Waals surface area contributed by atoms with E-state index in [0.29, 0.717) is 49.9 Å². The molecule has 2 aliphatic rings. The summed E-state index contributed by atoms with van der Waals surface area (Å²) in [7, 11) is 0. The molecule has 0 radical (unpaired) electrons. The normalized spacial score (nSPS) is 17.5. The molecular weight excluding hydrogens is 414 g/mol. The largest absolute Gasteiger partial charge is 0.494 e. The van der Waals surface area contributed by atoms with Gasteiger partial charge in [-0.3, -0.25) is 19.4 Å². The molecule has 0 atom stereocenters. The van der Waals surface area contributed by atoms with Crippen LogP contribution in [-0.4, -0.2) is 67.6 Å². The SMILES string of the molecule is CCCOc1cccc(NC2=C(c3cccs3)C(=O)N(CCN3CCOCC3)C2=O)c1. The summed E-state index contributed by atoms with van der Waals surface area (Å²) in [6, 6.07) is 11.2. The molecule has 0 saturated carbocycles. The minimum Gasteiger partial charge on any atom is -0.494 e. The highest BCUT2D eigenvalue weighted by atomic mass is 32.1. The average molecular weight is 442 g/mol. The summed E-state index contributed by atoms with van der Waals surface area (Å²) in [5.74, 6) is 0.189. The number of benzene rings is 1. The Morgan fingerprint density at radius 2 is 1.94 bits per heavy atom. The van der Waals surface area contributed by atoms with Gasteiger partial charge in [-0.15, -0.1) is 11.3 Å². The van der Waals surface area contributed by atoms with Crippen molar-refractivity contribution >= 4 is 34.4 Å². The molecular formula is C23H27N3O4S. The number of amides is 2. The lowest BCUT2D eigenvalue weighted by Gasteiger charge is -2.28. The van der Waals surface area contributed by atoms with Crippen LogP contribution in [0.25, 0.3) is 5.57 Å². The number of carbonyl (C=O) groups excluding carboxylic acids is 2. The molecule has 0 unspecified atom stereocenters. The van der Waals surface area contributed by atoms with Gasteiger partial charge in [0, 0.05) is 42.8 Å². The van der Waals surface area contributed by atoms with E-state index in [-0.39, 0.29) is 11.8 Å². The topological polar surface area (TPSA) is 71.1 Å². The lowest BCUT2D eigenvalue weighted by molar-refractivity contribution is -0.137. The fourth-order valence-electron chi connectivity index (χ4n) is 3.64. The summed E-state index contributed by atoms with van der Waals surface area (Å²) >= 11 is 1.45. The van der Waals surface area contributed by atoms with E-state index in [1.807, 2.05) is 41.8 Å². The van der Waals surface area contributed by atoms with Crippen LogP contribution in [0, 0.1) is 0 Å². The lowest BCUT2D eigenvalue weighted by Crippen LogP contribution is -2.43. The fourth-order valence-corrected chi connectivity index (χ4v) is 4.41. The average Bonchev–Trinajstić information content (AvgIpc) is 3.39. The molecule has 1 fully saturated rings. The number of hydrogen-bond acceptors (Lipinski definition) is 7. The third kappa shape index (κ3) is 4.98. The Bertz CT molecular complexity index is 951. The van der Waals surface area contributed by atoms with Gasteiger partial charge in [-0.1, -0.05) is 19.1 Å². The summed E-state index contributed by atoms with van der Waals surface area (Å²) in [5, 5.41) is 5.11. The summed E-state index contributed by atoms with van der Waals surface area (Å²) in [5.41, 5.74) is 1.47. The molecule has 1 aromatic heterocycles. The van der Waals surface area contributed by atoms with Crippen molar-refractivity contribution in [2.75, 3.05) is 51.3 Å². The first-order valence-corrected chi connectivity index (χ1v) is 11.5.